The molecule has 0 aliphatic heterocycles. The van der Waals surface area contributed by atoms with E-state index in [0.717, 1.165) is 13.2 Å². The lowest BCUT2D eigenvalue weighted by molar-refractivity contribution is 0.0195. The van der Waals surface area contributed by atoms with Crippen LogP contribution in [-0.2, 0) is 18.9 Å². The maximum absolute atomic E-state index is 7.94. The zero-order valence-corrected chi connectivity index (χ0v) is 10.7. The van der Waals surface area contributed by atoms with E-state index in [9.17, 15) is 0 Å². The molecule has 16 heavy (non-hydrogen) atoms. The zero-order chi connectivity index (χ0) is 12.5. The van der Waals surface area contributed by atoms with Crippen molar-refractivity contribution in [2.45, 2.75) is 13.8 Å². The van der Waals surface area contributed by atoms with Crippen molar-refractivity contribution in [1.82, 2.24) is 0 Å². The lowest BCUT2D eigenvalue weighted by Gasteiger charge is -2.03. The average molecular weight is 238 g/mol. The normalized spacial score (nSPS) is 9.75. The third kappa shape index (κ3) is 23.5. The number of aliphatic hydroxyl groups excluding tert-OH is 1. The van der Waals surface area contributed by atoms with Gasteiger partial charge in [-0.2, -0.15) is 0 Å². The van der Waals surface area contributed by atoms with Crippen LogP contribution in [0, 0.1) is 0 Å². The Morgan fingerprint density at radius 3 is 1.44 bits per heavy atom. The van der Waals surface area contributed by atoms with Gasteiger partial charge in [0.1, 0.15) is 0 Å². The molecule has 5 heteroatoms. The quantitative estimate of drug-likeness (QED) is 0.568. The molecule has 0 spiro atoms. The van der Waals surface area contributed by atoms with Crippen molar-refractivity contribution in [2.24, 2.45) is 0 Å². The first-order chi connectivity index (χ1) is 7.83. The van der Waals surface area contributed by atoms with Gasteiger partial charge in [0.25, 0.3) is 0 Å². The molecule has 0 atom stereocenters. The molecule has 0 saturated heterocycles. The molecule has 0 radical (unpaired) electrons. The Bertz CT molecular complexity index is 90.4. The molecule has 5 nitrogen and oxygen atoms in total. The summed E-state index contributed by atoms with van der Waals surface area (Å²) in [5.74, 6) is 0. The highest BCUT2D eigenvalue weighted by molar-refractivity contribution is 4.30. The highest BCUT2D eigenvalue weighted by atomic mass is 16.5. The number of ether oxygens (including phenoxy) is 4. The van der Waals surface area contributed by atoms with E-state index < -0.39 is 0 Å². The lowest BCUT2D eigenvalue weighted by atomic mass is 10.7. The van der Waals surface area contributed by atoms with Gasteiger partial charge in [-0.1, -0.05) is 0 Å². The fraction of sp³-hybridized carbons (Fsp3) is 1.00. The summed E-state index contributed by atoms with van der Waals surface area (Å²) in [7, 11) is 1.55. The van der Waals surface area contributed by atoms with Crippen molar-refractivity contribution in [1.29, 1.82) is 0 Å². The summed E-state index contributed by atoms with van der Waals surface area (Å²) in [5.41, 5.74) is 0. The standard InChI is InChI=1S/C8H18O3.C3H8O2/c1-3-9-5-7-11-8-6-10-4-2;1-5-3-2-4/h3-8H2,1-2H3;4H,2-3H2,1H3. The molecule has 0 amide bonds. The van der Waals surface area contributed by atoms with Gasteiger partial charge in [-0.05, 0) is 13.8 Å². The first-order valence-corrected chi connectivity index (χ1v) is 5.66. The summed E-state index contributed by atoms with van der Waals surface area (Å²) in [6.07, 6.45) is 0. The number of hydrogen-bond acceptors (Lipinski definition) is 5. The molecule has 0 aliphatic carbocycles. The Morgan fingerprint density at radius 2 is 1.19 bits per heavy atom. The van der Waals surface area contributed by atoms with Gasteiger partial charge in [0.2, 0.25) is 0 Å². The number of hydrogen-bond donors (Lipinski definition) is 1. The first-order valence-electron chi connectivity index (χ1n) is 5.66. The maximum Gasteiger partial charge on any atom is 0.0701 e. The van der Waals surface area contributed by atoms with E-state index in [1.807, 2.05) is 13.8 Å². The highest BCUT2D eigenvalue weighted by Crippen LogP contribution is 1.79. The van der Waals surface area contributed by atoms with Crippen molar-refractivity contribution in [2.75, 3.05) is 60.0 Å². The Morgan fingerprint density at radius 1 is 0.750 bits per heavy atom. The SMILES string of the molecule is CCOCCOCCOCC.COCCO. The van der Waals surface area contributed by atoms with Gasteiger partial charge in [0, 0.05) is 20.3 Å². The van der Waals surface area contributed by atoms with E-state index in [1.165, 1.54) is 0 Å². The van der Waals surface area contributed by atoms with Crippen LogP contribution in [0.1, 0.15) is 13.8 Å². The predicted octanol–water partition coefficient (Wildman–Crippen LogP) is 0.701. The predicted molar refractivity (Wildman–Crippen MR) is 62.8 cm³/mol. The first kappa shape index (κ1) is 18.2. The number of aliphatic hydroxyl groups is 1. The van der Waals surface area contributed by atoms with Crippen molar-refractivity contribution >= 4 is 0 Å². The van der Waals surface area contributed by atoms with E-state index in [0.29, 0.717) is 33.0 Å². The fourth-order valence-corrected chi connectivity index (χ4v) is 0.718. The Labute approximate surface area is 98.6 Å². The highest BCUT2D eigenvalue weighted by Gasteiger charge is 1.87. The van der Waals surface area contributed by atoms with E-state index in [2.05, 4.69) is 4.74 Å². The summed E-state index contributed by atoms with van der Waals surface area (Å²) in [6.45, 7) is 8.73. The van der Waals surface area contributed by atoms with Gasteiger partial charge < -0.3 is 24.1 Å². The van der Waals surface area contributed by atoms with Crippen LogP contribution in [0.25, 0.3) is 0 Å². The van der Waals surface area contributed by atoms with Gasteiger partial charge in [-0.3, -0.25) is 0 Å². The number of methoxy groups -OCH3 is 1. The smallest absolute Gasteiger partial charge is 0.0701 e. The maximum atomic E-state index is 7.94. The molecule has 0 aromatic rings. The van der Waals surface area contributed by atoms with E-state index in [-0.39, 0.29) is 6.61 Å². The zero-order valence-electron chi connectivity index (χ0n) is 10.7. The number of rotatable bonds is 10. The third-order valence-electron chi connectivity index (χ3n) is 1.45. The van der Waals surface area contributed by atoms with Gasteiger partial charge >= 0.3 is 0 Å². The van der Waals surface area contributed by atoms with Crippen LogP contribution in [0.4, 0.5) is 0 Å². The van der Waals surface area contributed by atoms with Gasteiger partial charge in [-0.15, -0.1) is 0 Å². The minimum absolute atomic E-state index is 0.122. The summed E-state index contributed by atoms with van der Waals surface area (Å²) < 4.78 is 19.8. The van der Waals surface area contributed by atoms with E-state index >= 15 is 0 Å². The van der Waals surface area contributed by atoms with Crippen LogP contribution in [0.5, 0.6) is 0 Å². The minimum Gasteiger partial charge on any atom is -0.394 e. The second kappa shape index (κ2) is 20.2. The molecule has 0 fully saturated rings. The fourth-order valence-electron chi connectivity index (χ4n) is 0.718. The van der Waals surface area contributed by atoms with Crippen LogP contribution in [-0.4, -0.2) is 65.1 Å². The van der Waals surface area contributed by atoms with Crippen LogP contribution in [0.2, 0.25) is 0 Å². The van der Waals surface area contributed by atoms with Crippen LogP contribution >= 0.6 is 0 Å². The van der Waals surface area contributed by atoms with Crippen molar-refractivity contribution < 1.29 is 24.1 Å². The topological polar surface area (TPSA) is 57.2 Å². The molecule has 0 rings (SSSR count). The average Bonchev–Trinajstić information content (AvgIpc) is 2.30. The monoisotopic (exact) mass is 238 g/mol. The van der Waals surface area contributed by atoms with E-state index in [4.69, 9.17) is 19.3 Å². The summed E-state index contributed by atoms with van der Waals surface area (Å²) in [4.78, 5) is 0. The summed E-state index contributed by atoms with van der Waals surface area (Å²) in [5, 5.41) is 7.94. The molecule has 0 unspecified atom stereocenters. The molecular weight excluding hydrogens is 212 g/mol. The van der Waals surface area contributed by atoms with Crippen molar-refractivity contribution in [3.8, 4) is 0 Å². The minimum atomic E-state index is 0.122. The largest absolute Gasteiger partial charge is 0.394 e. The molecule has 0 aliphatic rings. The molecule has 0 saturated carbocycles. The molecule has 0 bridgehead atoms. The van der Waals surface area contributed by atoms with Crippen LogP contribution in [0.15, 0.2) is 0 Å². The van der Waals surface area contributed by atoms with Gasteiger partial charge in [0.15, 0.2) is 0 Å². The van der Waals surface area contributed by atoms with E-state index in [1.54, 1.807) is 7.11 Å². The van der Waals surface area contributed by atoms with Crippen molar-refractivity contribution in [3.63, 3.8) is 0 Å². The Hall–Kier alpha value is -0.200. The lowest BCUT2D eigenvalue weighted by Crippen LogP contribution is -2.08. The van der Waals surface area contributed by atoms with Crippen LogP contribution < -0.4 is 0 Å². The molecule has 0 aromatic heterocycles. The van der Waals surface area contributed by atoms with Gasteiger partial charge in [-0.25, -0.2) is 0 Å². The Kier molecular flexibility index (Phi) is 23.0. The third-order valence-corrected chi connectivity index (χ3v) is 1.45. The molecular formula is C11H26O5. The Balaban J connectivity index is 0. The molecule has 100 valence electrons. The summed E-state index contributed by atoms with van der Waals surface area (Å²) in [6, 6.07) is 0. The van der Waals surface area contributed by atoms with Crippen LogP contribution in [0.3, 0.4) is 0 Å². The molecule has 1 N–H and O–H groups in total. The second-order valence-corrected chi connectivity index (χ2v) is 2.72. The second-order valence-electron chi connectivity index (χ2n) is 2.72. The molecule has 0 heterocycles. The van der Waals surface area contributed by atoms with Gasteiger partial charge in [0.05, 0.1) is 39.6 Å². The molecule has 0 aromatic carbocycles. The van der Waals surface area contributed by atoms with Crippen molar-refractivity contribution in [3.05, 3.63) is 0 Å². The summed E-state index contributed by atoms with van der Waals surface area (Å²) >= 11 is 0.